The third kappa shape index (κ3) is 5.55. The number of ether oxygens (including phenoxy) is 1. The summed E-state index contributed by atoms with van der Waals surface area (Å²) in [5.74, 6) is 1.26. The van der Waals surface area contributed by atoms with Gasteiger partial charge in [-0.05, 0) is 91.7 Å². The van der Waals surface area contributed by atoms with Crippen LogP contribution in [0.3, 0.4) is 0 Å². The van der Waals surface area contributed by atoms with E-state index in [2.05, 4.69) is 51.2 Å². The average Bonchev–Trinajstić information content (AvgIpc) is 2.91. The third-order valence-electron chi connectivity index (χ3n) is 7.63. The van der Waals surface area contributed by atoms with Crippen LogP contribution in [0.1, 0.15) is 58.2 Å². The van der Waals surface area contributed by atoms with E-state index in [0.717, 1.165) is 32.2 Å². The second-order valence-corrected chi connectivity index (χ2v) is 12.5. The molecule has 210 valence electrons. The van der Waals surface area contributed by atoms with Crippen LogP contribution >= 0.6 is 11.8 Å². The number of benzene rings is 4. The highest BCUT2D eigenvalue weighted by atomic mass is 32.2. The van der Waals surface area contributed by atoms with Crippen molar-refractivity contribution < 1.29 is 19.4 Å². The van der Waals surface area contributed by atoms with Crippen LogP contribution in [0.15, 0.2) is 94.7 Å². The monoisotopic (exact) mass is 566 g/mol. The van der Waals surface area contributed by atoms with Gasteiger partial charge in [-0.3, -0.25) is 9.59 Å². The van der Waals surface area contributed by atoms with Gasteiger partial charge >= 0.3 is 0 Å². The number of nitrogens with zero attached hydrogens (tertiary/aromatic N) is 1. The van der Waals surface area contributed by atoms with Gasteiger partial charge in [-0.2, -0.15) is 0 Å². The summed E-state index contributed by atoms with van der Waals surface area (Å²) in [5.41, 5.74) is 4.04. The van der Waals surface area contributed by atoms with Crippen molar-refractivity contribution in [2.45, 2.75) is 62.3 Å². The normalized spacial score (nSPS) is 13.7. The Morgan fingerprint density at radius 2 is 1.44 bits per heavy atom. The summed E-state index contributed by atoms with van der Waals surface area (Å²) < 4.78 is 6.21. The molecule has 0 unspecified atom stereocenters. The highest BCUT2D eigenvalue weighted by molar-refractivity contribution is 7.99. The molecule has 0 saturated heterocycles. The molecule has 1 aliphatic heterocycles. The van der Waals surface area contributed by atoms with Crippen LogP contribution in [0, 0.1) is 0 Å². The van der Waals surface area contributed by atoms with E-state index in [1.165, 1.54) is 6.92 Å². The molecule has 7 heteroatoms. The summed E-state index contributed by atoms with van der Waals surface area (Å²) in [6.07, 6.45) is 0. The van der Waals surface area contributed by atoms with E-state index in [1.54, 1.807) is 30.8 Å². The third-order valence-corrected chi connectivity index (χ3v) is 8.65. The molecule has 0 aliphatic carbocycles. The van der Waals surface area contributed by atoms with Gasteiger partial charge in [-0.15, -0.1) is 0 Å². The number of carbonyl (C=O) groups excluding carboxylic acids is 2. The topological polar surface area (TPSA) is 78.9 Å². The number of hydrogen-bond donors (Lipinski definition) is 2. The Bertz CT molecular complexity index is 1630. The largest absolute Gasteiger partial charge is 0.508 e. The summed E-state index contributed by atoms with van der Waals surface area (Å²) in [5, 5.41) is 12.4. The van der Waals surface area contributed by atoms with Crippen molar-refractivity contribution in [2.75, 3.05) is 10.2 Å². The molecule has 0 spiro atoms. The first-order valence-corrected chi connectivity index (χ1v) is 14.3. The minimum absolute atomic E-state index is 0.0267. The fourth-order valence-corrected chi connectivity index (χ4v) is 6.19. The molecule has 0 fully saturated rings. The number of amides is 2. The van der Waals surface area contributed by atoms with Crippen LogP contribution in [0.2, 0.25) is 0 Å². The van der Waals surface area contributed by atoms with Crippen LogP contribution < -0.4 is 15.0 Å². The van der Waals surface area contributed by atoms with E-state index in [-0.39, 0.29) is 23.1 Å². The van der Waals surface area contributed by atoms with Crippen molar-refractivity contribution in [1.82, 2.24) is 0 Å². The first kappa shape index (κ1) is 28.3. The number of phenols is 1. The van der Waals surface area contributed by atoms with E-state index < -0.39 is 5.41 Å². The van der Waals surface area contributed by atoms with Gasteiger partial charge in [0.05, 0.1) is 16.9 Å². The van der Waals surface area contributed by atoms with Gasteiger partial charge in [0.1, 0.15) is 11.5 Å². The maximum absolute atomic E-state index is 12.3. The Labute approximate surface area is 245 Å². The molecule has 4 aromatic rings. The van der Waals surface area contributed by atoms with Crippen molar-refractivity contribution in [3.8, 4) is 17.2 Å². The minimum atomic E-state index is -0.407. The summed E-state index contributed by atoms with van der Waals surface area (Å²) in [4.78, 5) is 28.4. The van der Waals surface area contributed by atoms with Crippen molar-refractivity contribution in [2.24, 2.45) is 0 Å². The van der Waals surface area contributed by atoms with Gasteiger partial charge in [0.15, 0.2) is 5.75 Å². The zero-order chi connectivity index (χ0) is 29.5. The predicted molar refractivity (Wildman–Crippen MR) is 164 cm³/mol. The Hall–Kier alpha value is -4.23. The minimum Gasteiger partial charge on any atom is -0.508 e. The molecule has 1 aliphatic rings. The number of anilines is 2. The molecule has 2 N–H and O–H groups in total. The second-order valence-electron chi connectivity index (χ2n) is 11.3. The molecule has 0 atom stereocenters. The molecule has 41 heavy (non-hydrogen) atoms. The SMILES string of the molecule is CC(=O)Nc1cc(C(C)(C)c2ccc3c(c2)N(C(C)=O)C3(C)C)ccc1Oc1ccc(Sc2ccc(O)cc2)cc1. The van der Waals surface area contributed by atoms with Crippen molar-refractivity contribution in [3.05, 3.63) is 102 Å². The van der Waals surface area contributed by atoms with Crippen molar-refractivity contribution >= 4 is 35.0 Å². The molecular formula is C34H34N2O4S. The maximum atomic E-state index is 12.3. The van der Waals surface area contributed by atoms with Gasteiger partial charge < -0.3 is 20.1 Å². The van der Waals surface area contributed by atoms with Crippen LogP contribution in [0.5, 0.6) is 17.2 Å². The molecule has 1 heterocycles. The average molecular weight is 567 g/mol. The molecule has 0 radical (unpaired) electrons. The first-order valence-electron chi connectivity index (χ1n) is 13.5. The summed E-state index contributed by atoms with van der Waals surface area (Å²) in [7, 11) is 0. The lowest BCUT2D eigenvalue weighted by Crippen LogP contribution is -2.53. The molecular weight excluding hydrogens is 532 g/mol. The summed E-state index contributed by atoms with van der Waals surface area (Å²) in [6, 6.07) is 27.0. The second kappa shape index (κ2) is 10.6. The van der Waals surface area contributed by atoms with Crippen LogP contribution in [0.25, 0.3) is 0 Å². The van der Waals surface area contributed by atoms with Gasteiger partial charge in [0.25, 0.3) is 0 Å². The van der Waals surface area contributed by atoms with Crippen molar-refractivity contribution in [3.63, 3.8) is 0 Å². The Kier molecular flexibility index (Phi) is 7.34. The maximum Gasteiger partial charge on any atom is 0.224 e. The fourth-order valence-electron chi connectivity index (χ4n) is 5.37. The molecule has 0 bridgehead atoms. The molecule has 4 aromatic carbocycles. The lowest BCUT2D eigenvalue weighted by Gasteiger charge is -2.50. The van der Waals surface area contributed by atoms with Gasteiger partial charge in [0, 0.05) is 34.6 Å². The Balaban J connectivity index is 1.40. The standard InChI is InChI=1S/C34H34N2O4S/c1-21(37)35-30-19-23(33(3,4)24-7-17-29-31(20-24)36(22(2)38)34(29,5)6)8-18-32(30)40-26-11-15-28(16-12-26)41-27-13-9-25(39)10-14-27/h7-20,39H,1-6H3,(H,35,37). The number of nitrogens with one attached hydrogen (secondary N) is 1. The van der Waals surface area contributed by atoms with Gasteiger partial charge in [-0.25, -0.2) is 0 Å². The number of carbonyl (C=O) groups is 2. The zero-order valence-electron chi connectivity index (χ0n) is 24.1. The van der Waals surface area contributed by atoms with Crippen LogP contribution in [-0.2, 0) is 20.5 Å². The fraction of sp³-hybridized carbons (Fsp3) is 0.235. The summed E-state index contributed by atoms with van der Waals surface area (Å²) in [6.45, 7) is 11.5. The number of rotatable bonds is 7. The van der Waals surface area contributed by atoms with E-state index in [1.807, 2.05) is 59.5 Å². The Morgan fingerprint density at radius 1 is 0.854 bits per heavy atom. The van der Waals surface area contributed by atoms with E-state index >= 15 is 0 Å². The highest BCUT2D eigenvalue weighted by Gasteiger charge is 2.45. The molecule has 5 rings (SSSR count). The zero-order valence-corrected chi connectivity index (χ0v) is 24.9. The lowest BCUT2D eigenvalue weighted by atomic mass is 9.74. The van der Waals surface area contributed by atoms with Gasteiger partial charge in [-0.1, -0.05) is 43.8 Å². The molecule has 0 aromatic heterocycles. The van der Waals surface area contributed by atoms with E-state index in [0.29, 0.717) is 17.2 Å². The van der Waals surface area contributed by atoms with E-state index in [9.17, 15) is 14.7 Å². The number of fused-ring (bicyclic) bond motifs is 1. The van der Waals surface area contributed by atoms with Gasteiger partial charge in [0.2, 0.25) is 11.8 Å². The van der Waals surface area contributed by atoms with Crippen LogP contribution in [-0.4, -0.2) is 16.9 Å². The predicted octanol–water partition coefficient (Wildman–Crippen LogP) is 8.22. The van der Waals surface area contributed by atoms with Crippen molar-refractivity contribution in [1.29, 1.82) is 0 Å². The number of hydrogen-bond acceptors (Lipinski definition) is 5. The summed E-state index contributed by atoms with van der Waals surface area (Å²) >= 11 is 1.59. The van der Waals surface area contributed by atoms with Crippen LogP contribution in [0.4, 0.5) is 11.4 Å². The number of phenolic OH excluding ortho intramolecular Hbond substituents is 1. The van der Waals surface area contributed by atoms with E-state index in [4.69, 9.17) is 4.74 Å². The number of aromatic hydroxyl groups is 1. The molecule has 2 amide bonds. The molecule has 6 nitrogen and oxygen atoms in total. The first-order chi connectivity index (χ1) is 19.4. The quantitative estimate of drug-likeness (QED) is 0.236. The Morgan fingerprint density at radius 3 is 2.05 bits per heavy atom. The highest BCUT2D eigenvalue weighted by Crippen LogP contribution is 2.50. The smallest absolute Gasteiger partial charge is 0.224 e. The lowest BCUT2D eigenvalue weighted by molar-refractivity contribution is -0.118. The molecule has 0 saturated carbocycles.